The highest BCUT2D eigenvalue weighted by molar-refractivity contribution is 5.73. The van der Waals surface area contributed by atoms with Crippen LogP contribution in [0, 0.1) is 0 Å². The van der Waals surface area contributed by atoms with E-state index < -0.39 is 0 Å². The van der Waals surface area contributed by atoms with E-state index in [0.717, 1.165) is 48.8 Å². The van der Waals surface area contributed by atoms with Gasteiger partial charge in [-0.3, -0.25) is 4.90 Å². The number of nitrogens with zero attached hydrogens (tertiary/aromatic N) is 2. The second-order valence-electron chi connectivity index (χ2n) is 5.84. The molecule has 0 unspecified atom stereocenters. The van der Waals surface area contributed by atoms with Gasteiger partial charge in [0.1, 0.15) is 11.5 Å². The van der Waals surface area contributed by atoms with E-state index in [1.165, 1.54) is 0 Å². The van der Waals surface area contributed by atoms with Crippen molar-refractivity contribution in [2.45, 2.75) is 20.4 Å². The summed E-state index contributed by atoms with van der Waals surface area (Å²) in [7, 11) is 3.35. The van der Waals surface area contributed by atoms with Crippen LogP contribution in [0.25, 0.3) is 12.2 Å². The second kappa shape index (κ2) is 9.84. The average Bonchev–Trinajstić information content (AvgIpc) is 2.67. The van der Waals surface area contributed by atoms with Crippen molar-refractivity contribution in [2.75, 3.05) is 33.9 Å². The smallest absolute Gasteiger partial charge is 0.169 e. The summed E-state index contributed by atoms with van der Waals surface area (Å²) in [5.74, 6) is 1.66. The first-order valence-electron chi connectivity index (χ1n) is 8.81. The summed E-state index contributed by atoms with van der Waals surface area (Å²) in [4.78, 5) is 2.43. The van der Waals surface area contributed by atoms with Crippen LogP contribution in [-0.2, 0) is 6.54 Å². The van der Waals surface area contributed by atoms with E-state index in [4.69, 9.17) is 9.47 Å². The number of hydrogen-bond acceptors (Lipinski definition) is 3. The van der Waals surface area contributed by atoms with Crippen LogP contribution in [0.1, 0.15) is 25.0 Å². The summed E-state index contributed by atoms with van der Waals surface area (Å²) in [5, 5.41) is 0. The van der Waals surface area contributed by atoms with Crippen LogP contribution < -0.4 is 14.0 Å². The maximum atomic E-state index is 5.41. The molecular weight excluding hydrogens is 312 g/mol. The van der Waals surface area contributed by atoms with Crippen molar-refractivity contribution < 1.29 is 14.0 Å². The molecule has 1 aromatic heterocycles. The van der Waals surface area contributed by atoms with Gasteiger partial charge in [0.15, 0.2) is 18.9 Å². The van der Waals surface area contributed by atoms with Crippen molar-refractivity contribution in [1.82, 2.24) is 4.90 Å². The Morgan fingerprint density at radius 3 is 2.28 bits per heavy atom. The molecule has 0 aliphatic carbocycles. The number of methoxy groups -OCH3 is 2. The molecule has 0 N–H and O–H groups in total. The van der Waals surface area contributed by atoms with Crippen LogP contribution in [-0.4, -0.2) is 38.8 Å². The van der Waals surface area contributed by atoms with Crippen molar-refractivity contribution in [3.05, 3.63) is 53.9 Å². The highest BCUT2D eigenvalue weighted by atomic mass is 16.5. The van der Waals surface area contributed by atoms with Crippen LogP contribution >= 0.6 is 0 Å². The molecule has 2 aromatic rings. The molecule has 0 aliphatic rings. The van der Waals surface area contributed by atoms with Gasteiger partial charge in [-0.25, -0.2) is 4.57 Å². The lowest BCUT2D eigenvalue weighted by molar-refractivity contribution is -0.696. The molecule has 1 aromatic carbocycles. The normalized spacial score (nSPS) is 11.2. The fraction of sp³-hybridized carbons (Fsp3) is 0.381. The molecule has 4 heteroatoms. The van der Waals surface area contributed by atoms with E-state index in [1.54, 1.807) is 14.2 Å². The summed E-state index contributed by atoms with van der Waals surface area (Å²) in [6.07, 6.45) is 8.40. The van der Waals surface area contributed by atoms with Crippen LogP contribution in [0.15, 0.2) is 42.7 Å². The Hall–Kier alpha value is -2.33. The molecule has 2 rings (SSSR count). The third-order valence-electron chi connectivity index (χ3n) is 4.38. The highest BCUT2D eigenvalue weighted by Crippen LogP contribution is 2.25. The molecule has 0 radical (unpaired) electrons. The van der Waals surface area contributed by atoms with Gasteiger partial charge >= 0.3 is 0 Å². The van der Waals surface area contributed by atoms with Gasteiger partial charge in [-0.1, -0.05) is 26.0 Å². The van der Waals surface area contributed by atoms with Gasteiger partial charge in [-0.05, 0) is 36.9 Å². The van der Waals surface area contributed by atoms with Gasteiger partial charge in [-0.15, -0.1) is 0 Å². The molecule has 0 saturated carbocycles. The lowest BCUT2D eigenvalue weighted by atomic mass is 10.1. The van der Waals surface area contributed by atoms with Gasteiger partial charge in [0, 0.05) is 17.7 Å². The number of aromatic nitrogens is 1. The average molecular weight is 341 g/mol. The number of likely N-dealkylation sites (N-methyl/N-ethyl adjacent to an activating group) is 1. The van der Waals surface area contributed by atoms with Gasteiger partial charge in [0.05, 0.1) is 20.8 Å². The molecule has 0 saturated heterocycles. The first kappa shape index (κ1) is 19.0. The van der Waals surface area contributed by atoms with Crippen molar-refractivity contribution in [1.29, 1.82) is 0 Å². The van der Waals surface area contributed by atoms with E-state index in [-0.39, 0.29) is 0 Å². The molecule has 25 heavy (non-hydrogen) atoms. The lowest BCUT2D eigenvalue weighted by Crippen LogP contribution is -2.40. The quantitative estimate of drug-likeness (QED) is 0.653. The summed E-state index contributed by atoms with van der Waals surface area (Å²) < 4.78 is 12.9. The van der Waals surface area contributed by atoms with Gasteiger partial charge in [0.25, 0.3) is 0 Å². The Morgan fingerprint density at radius 2 is 1.68 bits per heavy atom. The molecule has 1 heterocycles. The molecule has 0 atom stereocenters. The number of ether oxygens (including phenoxy) is 2. The molecule has 134 valence electrons. The van der Waals surface area contributed by atoms with Gasteiger partial charge < -0.3 is 9.47 Å². The van der Waals surface area contributed by atoms with Crippen LogP contribution in [0.5, 0.6) is 11.5 Å². The predicted molar refractivity (Wildman–Crippen MR) is 103 cm³/mol. The number of hydrogen-bond donors (Lipinski definition) is 0. The van der Waals surface area contributed by atoms with Crippen molar-refractivity contribution >= 4 is 12.2 Å². The molecular formula is C21H29N2O2+. The second-order valence-corrected chi connectivity index (χ2v) is 5.84. The Labute approximate surface area is 151 Å². The molecule has 0 fully saturated rings. The summed E-state index contributed by atoms with van der Waals surface area (Å²) in [6, 6.07) is 10.1. The largest absolute Gasteiger partial charge is 0.497 e. The highest BCUT2D eigenvalue weighted by Gasteiger charge is 2.05. The number of rotatable bonds is 9. The first-order chi connectivity index (χ1) is 12.2. The number of benzene rings is 1. The third kappa shape index (κ3) is 5.61. The van der Waals surface area contributed by atoms with Crippen LogP contribution in [0.2, 0.25) is 0 Å². The van der Waals surface area contributed by atoms with E-state index in [0.29, 0.717) is 0 Å². The minimum Gasteiger partial charge on any atom is -0.497 e. The topological polar surface area (TPSA) is 25.6 Å². The summed E-state index contributed by atoms with van der Waals surface area (Å²) >= 11 is 0. The van der Waals surface area contributed by atoms with Gasteiger partial charge in [-0.2, -0.15) is 0 Å². The minimum atomic E-state index is 0.822. The zero-order chi connectivity index (χ0) is 18.1. The zero-order valence-electron chi connectivity index (χ0n) is 15.7. The Kier molecular flexibility index (Phi) is 7.48. The van der Waals surface area contributed by atoms with E-state index in [9.17, 15) is 0 Å². The van der Waals surface area contributed by atoms with Crippen LogP contribution in [0.3, 0.4) is 0 Å². The SMILES string of the molecule is CCN(CC)CC[n+]1ccc(C=Cc2cc(OC)ccc2OC)cc1. The third-order valence-corrected chi connectivity index (χ3v) is 4.38. The standard InChI is InChI=1S/C21H29N2O2/c1-5-22(6-2)15-16-23-13-11-18(12-14-23)7-8-19-17-20(24-3)9-10-21(19)25-4/h7-14,17H,5-6,15-16H2,1-4H3/q+1. The fourth-order valence-electron chi connectivity index (χ4n) is 2.68. The molecule has 4 nitrogen and oxygen atoms in total. The monoisotopic (exact) mass is 341 g/mol. The predicted octanol–water partition coefficient (Wildman–Crippen LogP) is 3.50. The summed E-state index contributed by atoms with van der Waals surface area (Å²) in [5.41, 5.74) is 2.16. The Morgan fingerprint density at radius 1 is 0.960 bits per heavy atom. The van der Waals surface area contributed by atoms with E-state index in [2.05, 4.69) is 60.0 Å². The van der Waals surface area contributed by atoms with Crippen molar-refractivity contribution in [2.24, 2.45) is 0 Å². The Bertz CT molecular complexity index is 677. The lowest BCUT2D eigenvalue weighted by Gasteiger charge is -2.15. The molecule has 0 aliphatic heterocycles. The fourth-order valence-corrected chi connectivity index (χ4v) is 2.68. The van der Waals surface area contributed by atoms with Gasteiger partial charge in [0.2, 0.25) is 0 Å². The maximum absolute atomic E-state index is 5.41. The van der Waals surface area contributed by atoms with Crippen molar-refractivity contribution in [3.63, 3.8) is 0 Å². The first-order valence-corrected chi connectivity index (χ1v) is 8.81. The van der Waals surface area contributed by atoms with E-state index in [1.807, 2.05) is 18.2 Å². The van der Waals surface area contributed by atoms with E-state index >= 15 is 0 Å². The minimum absolute atomic E-state index is 0.822. The number of pyridine rings is 1. The van der Waals surface area contributed by atoms with Crippen LogP contribution in [0.4, 0.5) is 0 Å². The van der Waals surface area contributed by atoms with Crippen molar-refractivity contribution in [3.8, 4) is 11.5 Å². The maximum Gasteiger partial charge on any atom is 0.169 e. The Balaban J connectivity index is 2.04. The molecule has 0 spiro atoms. The molecule has 0 amide bonds. The zero-order valence-corrected chi connectivity index (χ0v) is 15.7. The molecule has 0 bridgehead atoms. The summed E-state index contributed by atoms with van der Waals surface area (Å²) in [6.45, 7) is 8.69.